The molecule has 0 spiro atoms. The topological polar surface area (TPSA) is 86.0 Å². The molecule has 0 unspecified atom stereocenters. The number of hydrogen-bond acceptors (Lipinski definition) is 6. The summed E-state index contributed by atoms with van der Waals surface area (Å²) in [5.74, 6) is 3.40. The fourth-order valence-corrected chi connectivity index (χ4v) is 1.59. The van der Waals surface area contributed by atoms with E-state index < -0.39 is 12.0 Å². The Bertz CT molecular complexity index is 622. The maximum Gasteiger partial charge on any atom is 0.451 e. The van der Waals surface area contributed by atoms with Crippen LogP contribution in [0.4, 0.5) is 19.0 Å². The van der Waals surface area contributed by atoms with E-state index in [1.807, 2.05) is 5.43 Å². The first kappa shape index (κ1) is 14.5. The van der Waals surface area contributed by atoms with Gasteiger partial charge in [-0.25, -0.2) is 10.8 Å². The summed E-state index contributed by atoms with van der Waals surface area (Å²) in [5.41, 5.74) is 2.02. The highest BCUT2D eigenvalue weighted by Crippen LogP contribution is 2.30. The molecule has 3 N–H and O–H groups in total. The zero-order valence-corrected chi connectivity index (χ0v) is 11.2. The van der Waals surface area contributed by atoms with E-state index in [9.17, 15) is 13.2 Å². The van der Waals surface area contributed by atoms with Crippen molar-refractivity contribution in [3.05, 3.63) is 34.8 Å². The van der Waals surface area contributed by atoms with Crippen LogP contribution >= 0.6 is 15.9 Å². The third-order valence-electron chi connectivity index (χ3n) is 2.01. The molecule has 0 amide bonds. The Morgan fingerprint density at radius 2 is 1.95 bits per heavy atom. The van der Waals surface area contributed by atoms with Crippen molar-refractivity contribution >= 4 is 21.7 Å². The van der Waals surface area contributed by atoms with Gasteiger partial charge in [0.2, 0.25) is 11.7 Å². The Balaban J connectivity index is 2.36. The standard InChI is InChI=1S/C10H7BrF3N5O/c11-5-1-6(4-16-3-5)20-8-2-7(19-15)17-9(18-8)10(12,13)14/h1-4H,15H2,(H,17,18,19). The van der Waals surface area contributed by atoms with Gasteiger partial charge in [-0.1, -0.05) is 0 Å². The number of alkyl halides is 3. The number of nitrogen functional groups attached to an aromatic ring is 1. The Morgan fingerprint density at radius 1 is 1.20 bits per heavy atom. The molecule has 0 radical (unpaired) electrons. The number of hydrazine groups is 1. The van der Waals surface area contributed by atoms with Crippen molar-refractivity contribution in [2.75, 3.05) is 5.43 Å². The average Bonchev–Trinajstić information content (AvgIpc) is 2.37. The zero-order chi connectivity index (χ0) is 14.8. The minimum atomic E-state index is -4.71. The van der Waals surface area contributed by atoms with E-state index in [-0.39, 0.29) is 17.4 Å². The molecule has 0 fully saturated rings. The summed E-state index contributed by atoms with van der Waals surface area (Å²) in [6.07, 6.45) is -1.88. The number of rotatable bonds is 3. The minimum absolute atomic E-state index is 0.217. The molecule has 10 heteroatoms. The van der Waals surface area contributed by atoms with Crippen LogP contribution in [-0.4, -0.2) is 15.0 Å². The molecule has 0 aliphatic carbocycles. The Labute approximate surface area is 119 Å². The number of aromatic nitrogens is 3. The van der Waals surface area contributed by atoms with Crippen molar-refractivity contribution in [3.8, 4) is 11.6 Å². The smallest absolute Gasteiger partial charge is 0.437 e. The van der Waals surface area contributed by atoms with Crippen LogP contribution in [-0.2, 0) is 6.18 Å². The van der Waals surface area contributed by atoms with E-state index in [1.165, 1.54) is 18.5 Å². The van der Waals surface area contributed by atoms with E-state index in [4.69, 9.17) is 10.6 Å². The molecule has 0 aliphatic heterocycles. The van der Waals surface area contributed by atoms with Crippen LogP contribution in [0.2, 0.25) is 0 Å². The van der Waals surface area contributed by atoms with Crippen LogP contribution in [0, 0.1) is 0 Å². The summed E-state index contributed by atoms with van der Waals surface area (Å²) in [7, 11) is 0. The molecule has 6 nitrogen and oxygen atoms in total. The number of nitrogens with zero attached hydrogens (tertiary/aromatic N) is 3. The van der Waals surface area contributed by atoms with Crippen LogP contribution in [0.5, 0.6) is 11.6 Å². The molecule has 0 saturated carbocycles. The van der Waals surface area contributed by atoms with Gasteiger partial charge in [-0.15, -0.1) is 0 Å². The summed E-state index contributed by atoms with van der Waals surface area (Å²) in [4.78, 5) is 10.3. The first-order valence-corrected chi connectivity index (χ1v) is 5.89. The van der Waals surface area contributed by atoms with Gasteiger partial charge in [0.25, 0.3) is 0 Å². The lowest BCUT2D eigenvalue weighted by Gasteiger charge is -2.10. The summed E-state index contributed by atoms with van der Waals surface area (Å²) in [6.45, 7) is 0. The second kappa shape index (κ2) is 5.59. The van der Waals surface area contributed by atoms with Crippen molar-refractivity contribution in [2.24, 2.45) is 5.84 Å². The lowest BCUT2D eigenvalue weighted by Crippen LogP contribution is -2.16. The first-order valence-electron chi connectivity index (χ1n) is 5.10. The third kappa shape index (κ3) is 3.54. The Hall–Kier alpha value is -1.94. The highest BCUT2D eigenvalue weighted by atomic mass is 79.9. The predicted octanol–water partition coefficient (Wildman–Crippen LogP) is 2.73. The second-order valence-electron chi connectivity index (χ2n) is 3.50. The molecule has 2 aromatic rings. The molecule has 0 aliphatic rings. The lowest BCUT2D eigenvalue weighted by atomic mass is 10.4. The van der Waals surface area contributed by atoms with E-state index in [0.29, 0.717) is 4.47 Å². The van der Waals surface area contributed by atoms with Crippen LogP contribution in [0.25, 0.3) is 0 Å². The van der Waals surface area contributed by atoms with Crippen LogP contribution < -0.4 is 16.0 Å². The van der Waals surface area contributed by atoms with E-state index in [1.54, 1.807) is 0 Å². The molecular weight excluding hydrogens is 343 g/mol. The summed E-state index contributed by atoms with van der Waals surface area (Å²) in [5, 5.41) is 0. The SMILES string of the molecule is NNc1cc(Oc2cncc(Br)c2)nc(C(F)(F)F)n1. The highest BCUT2D eigenvalue weighted by Gasteiger charge is 2.35. The van der Waals surface area contributed by atoms with Gasteiger partial charge in [-0.05, 0) is 22.0 Å². The number of nitrogens with two attached hydrogens (primary N) is 1. The van der Waals surface area contributed by atoms with Crippen LogP contribution in [0.1, 0.15) is 5.82 Å². The van der Waals surface area contributed by atoms with Crippen LogP contribution in [0.15, 0.2) is 29.0 Å². The molecule has 0 atom stereocenters. The summed E-state index contributed by atoms with van der Waals surface area (Å²) in [6, 6.07) is 2.66. The number of nitrogens with one attached hydrogen (secondary N) is 1. The molecule has 20 heavy (non-hydrogen) atoms. The van der Waals surface area contributed by atoms with E-state index in [0.717, 1.165) is 6.07 Å². The normalized spacial score (nSPS) is 11.2. The molecule has 2 rings (SSSR count). The first-order chi connectivity index (χ1) is 9.38. The van der Waals surface area contributed by atoms with Crippen molar-refractivity contribution in [1.29, 1.82) is 0 Å². The van der Waals surface area contributed by atoms with Gasteiger partial charge in [0.1, 0.15) is 11.6 Å². The quantitative estimate of drug-likeness (QED) is 0.654. The largest absolute Gasteiger partial charge is 0.451 e. The number of halogens is 4. The average molecular weight is 350 g/mol. The fourth-order valence-electron chi connectivity index (χ4n) is 1.25. The molecule has 106 valence electrons. The maximum absolute atomic E-state index is 12.6. The fraction of sp³-hybridized carbons (Fsp3) is 0.100. The van der Waals surface area contributed by atoms with Gasteiger partial charge >= 0.3 is 6.18 Å². The lowest BCUT2D eigenvalue weighted by molar-refractivity contribution is -0.145. The molecule has 2 heterocycles. The summed E-state index contributed by atoms with van der Waals surface area (Å²) >= 11 is 3.16. The number of pyridine rings is 1. The van der Waals surface area contributed by atoms with Gasteiger partial charge in [0, 0.05) is 16.7 Å². The van der Waals surface area contributed by atoms with Gasteiger partial charge in [0.15, 0.2) is 0 Å². The molecule has 0 bridgehead atoms. The highest BCUT2D eigenvalue weighted by molar-refractivity contribution is 9.10. The van der Waals surface area contributed by atoms with Crippen molar-refractivity contribution < 1.29 is 17.9 Å². The van der Waals surface area contributed by atoms with Crippen molar-refractivity contribution in [2.45, 2.75) is 6.18 Å². The monoisotopic (exact) mass is 349 g/mol. The molecule has 0 saturated heterocycles. The Kier molecular flexibility index (Phi) is 4.04. The van der Waals surface area contributed by atoms with Gasteiger partial charge in [0.05, 0.1) is 6.20 Å². The van der Waals surface area contributed by atoms with Crippen molar-refractivity contribution in [1.82, 2.24) is 15.0 Å². The van der Waals surface area contributed by atoms with Crippen molar-refractivity contribution in [3.63, 3.8) is 0 Å². The Morgan fingerprint density at radius 3 is 2.55 bits per heavy atom. The third-order valence-corrected chi connectivity index (χ3v) is 2.44. The predicted molar refractivity (Wildman–Crippen MR) is 66.9 cm³/mol. The summed E-state index contributed by atoms with van der Waals surface area (Å²) < 4.78 is 43.7. The number of ether oxygens (including phenoxy) is 1. The number of anilines is 1. The van der Waals surface area contributed by atoms with Gasteiger partial charge in [-0.2, -0.15) is 18.2 Å². The maximum atomic E-state index is 12.6. The van der Waals surface area contributed by atoms with E-state index >= 15 is 0 Å². The van der Waals surface area contributed by atoms with Gasteiger partial charge < -0.3 is 10.2 Å². The van der Waals surface area contributed by atoms with Gasteiger partial charge in [-0.3, -0.25) is 4.98 Å². The molecule has 2 aromatic heterocycles. The minimum Gasteiger partial charge on any atom is -0.437 e. The zero-order valence-electron chi connectivity index (χ0n) is 9.65. The van der Waals surface area contributed by atoms with E-state index in [2.05, 4.69) is 30.9 Å². The molecular formula is C10H7BrF3N5O. The molecule has 0 aromatic carbocycles. The second-order valence-corrected chi connectivity index (χ2v) is 4.41. The van der Waals surface area contributed by atoms with Crippen LogP contribution in [0.3, 0.4) is 0 Å². The number of hydrogen-bond donors (Lipinski definition) is 2.